The molecule has 7 rings (SSSR count). The molecule has 0 amide bonds. The Hall–Kier alpha value is -5.64. The number of halogens is 3. The molecular formula is C46H50F3N3O8Si. The number of rotatable bonds is 14. The molecule has 322 valence electrons. The van der Waals surface area contributed by atoms with Gasteiger partial charge in [-0.05, 0) is 53.2 Å². The third-order valence-electron chi connectivity index (χ3n) is 12.3. The Morgan fingerprint density at radius 2 is 1.56 bits per heavy atom. The molecule has 0 spiro atoms. The summed E-state index contributed by atoms with van der Waals surface area (Å²) in [5, 5.41) is 16.8. The number of ketones is 2. The Balaban J connectivity index is 1.48. The lowest BCUT2D eigenvalue weighted by Crippen LogP contribution is -2.65. The Kier molecular flexibility index (Phi) is 11.6. The van der Waals surface area contributed by atoms with Crippen LogP contribution < -0.4 is 19.9 Å². The van der Waals surface area contributed by atoms with Crippen LogP contribution in [0.25, 0.3) is 0 Å². The topological polar surface area (TPSA) is 147 Å². The van der Waals surface area contributed by atoms with Gasteiger partial charge in [0.25, 0.3) is 5.88 Å². The number of aliphatic hydroxyl groups is 1. The summed E-state index contributed by atoms with van der Waals surface area (Å²) < 4.78 is 72.3. The summed E-state index contributed by atoms with van der Waals surface area (Å²) in [6, 6.07) is 18.3. The maximum absolute atomic E-state index is 15.7. The number of benzene rings is 3. The number of aromatic nitrogens is 1. The molecule has 1 heterocycles. The highest BCUT2D eigenvalue weighted by Crippen LogP contribution is 2.61. The van der Waals surface area contributed by atoms with E-state index in [0.717, 1.165) is 11.6 Å². The van der Waals surface area contributed by atoms with Crippen LogP contribution in [-0.2, 0) is 24.1 Å². The van der Waals surface area contributed by atoms with E-state index in [9.17, 15) is 18.3 Å². The molecule has 3 aliphatic carbocycles. The van der Waals surface area contributed by atoms with Crippen molar-refractivity contribution < 1.29 is 51.0 Å². The molecule has 15 heteroatoms. The monoisotopic (exact) mass is 857 g/mol. The SMILES string of the molecule is C=CCN(CC=C)[C@@H]1c2onc(OCc3ccccc3)c2C(=O)C2(O[Si](C)(C)C(C)(C)C)C(O)=C3C(=O)c4c(c(OC(F)(F)F)cc(N)c4OCc4ccccc4)C[C@H]3C[C@@H]12. The van der Waals surface area contributed by atoms with Gasteiger partial charge in [-0.25, -0.2) is 0 Å². The van der Waals surface area contributed by atoms with Gasteiger partial charge in [-0.1, -0.05) is 93.6 Å². The van der Waals surface area contributed by atoms with Gasteiger partial charge in [0.05, 0.1) is 17.3 Å². The summed E-state index contributed by atoms with van der Waals surface area (Å²) in [5.74, 6) is -4.93. The molecule has 11 nitrogen and oxygen atoms in total. The highest BCUT2D eigenvalue weighted by Gasteiger charge is 2.67. The van der Waals surface area contributed by atoms with Crippen molar-refractivity contribution in [2.45, 2.75) is 83.0 Å². The lowest BCUT2D eigenvalue weighted by Gasteiger charge is -2.55. The number of aliphatic hydroxyl groups excluding tert-OH is 1. The van der Waals surface area contributed by atoms with E-state index in [1.54, 1.807) is 36.4 Å². The average Bonchev–Trinajstić information content (AvgIpc) is 3.61. The van der Waals surface area contributed by atoms with Gasteiger partial charge in [-0.15, -0.1) is 26.3 Å². The second kappa shape index (κ2) is 16.3. The van der Waals surface area contributed by atoms with Crippen LogP contribution in [0.5, 0.6) is 17.4 Å². The van der Waals surface area contributed by atoms with E-state index in [4.69, 9.17) is 24.2 Å². The Morgan fingerprint density at radius 3 is 2.11 bits per heavy atom. The van der Waals surface area contributed by atoms with Gasteiger partial charge in [-0.2, -0.15) is 0 Å². The molecule has 0 saturated carbocycles. The predicted octanol–water partition coefficient (Wildman–Crippen LogP) is 9.87. The van der Waals surface area contributed by atoms with Crippen LogP contribution in [0.3, 0.4) is 0 Å². The fraction of sp³-hybridized carbons (Fsp3) is 0.370. The summed E-state index contributed by atoms with van der Waals surface area (Å²) in [6.07, 6.45) is -2.01. The van der Waals surface area contributed by atoms with Crippen molar-refractivity contribution in [2.24, 2.45) is 11.8 Å². The molecule has 0 bridgehead atoms. The Labute approximate surface area is 353 Å². The second-order valence-corrected chi connectivity index (χ2v) is 21.9. The van der Waals surface area contributed by atoms with Gasteiger partial charge in [-0.3, -0.25) is 14.5 Å². The molecule has 3 aliphatic rings. The number of carbonyl (C=O) groups excluding carboxylic acids is 2. The number of nitrogen functional groups attached to an aromatic ring is 1. The number of Topliss-reactive ketones (excluding diaryl/α,β-unsaturated/α-hetero) is 2. The zero-order valence-electron chi connectivity index (χ0n) is 34.8. The zero-order chi connectivity index (χ0) is 44.1. The van der Waals surface area contributed by atoms with Crippen molar-refractivity contribution >= 4 is 25.6 Å². The van der Waals surface area contributed by atoms with Crippen LogP contribution in [0.1, 0.15) is 76.4 Å². The molecule has 0 aliphatic heterocycles. The number of nitrogens with zero attached hydrogens (tertiary/aromatic N) is 2. The molecule has 0 fully saturated rings. The Bertz CT molecular complexity index is 2360. The second-order valence-electron chi connectivity index (χ2n) is 17.2. The fourth-order valence-corrected chi connectivity index (χ4v) is 10.0. The smallest absolute Gasteiger partial charge is 0.508 e. The molecule has 3 N–H and O–H groups in total. The predicted molar refractivity (Wildman–Crippen MR) is 225 cm³/mol. The minimum absolute atomic E-state index is 0.0171. The van der Waals surface area contributed by atoms with Crippen LogP contribution in [0, 0.1) is 11.8 Å². The van der Waals surface area contributed by atoms with Crippen molar-refractivity contribution in [3.63, 3.8) is 0 Å². The molecule has 61 heavy (non-hydrogen) atoms. The minimum Gasteiger partial charge on any atom is -0.508 e. The number of allylic oxidation sites excluding steroid dienone is 1. The fourth-order valence-electron chi connectivity index (χ4n) is 8.56. The number of fused-ring (bicyclic) bond motifs is 4. The van der Waals surface area contributed by atoms with Gasteiger partial charge in [0, 0.05) is 36.2 Å². The standard InChI is InChI=1S/C46H50F3N3O8Si/c1-8-20-52(21-9-2)37-31-23-29-22-30-33(58-46(47,48)49)24-32(50)39(56-25-27-16-12-10-13-17-27)35(30)38(53)34(29)41(54)45(31,60-61(6,7)44(3,4)5)42(55)36-40(37)59-51-43(36)57-26-28-18-14-11-15-19-28/h8-19,24,29,31,37,54H,1-2,20-23,25-26,50H2,3-7H3/t29-,31-,37-,45?/m0/s1. The van der Waals surface area contributed by atoms with E-state index in [0.29, 0.717) is 5.56 Å². The first-order chi connectivity index (χ1) is 28.8. The number of hydrogen-bond donors (Lipinski definition) is 2. The maximum Gasteiger partial charge on any atom is 0.573 e. The van der Waals surface area contributed by atoms with Crippen LogP contribution in [-0.4, -0.2) is 60.1 Å². The molecule has 3 aromatic carbocycles. The van der Waals surface area contributed by atoms with Crippen molar-refractivity contribution in [3.05, 3.63) is 137 Å². The Morgan fingerprint density at radius 1 is 0.967 bits per heavy atom. The summed E-state index contributed by atoms with van der Waals surface area (Å²) in [6.45, 7) is 18.2. The maximum atomic E-state index is 15.7. The molecule has 4 atom stereocenters. The third-order valence-corrected chi connectivity index (χ3v) is 16.7. The van der Waals surface area contributed by atoms with E-state index >= 15 is 9.59 Å². The highest BCUT2D eigenvalue weighted by molar-refractivity contribution is 6.74. The summed E-state index contributed by atoms with van der Waals surface area (Å²) >= 11 is 0. The van der Waals surface area contributed by atoms with E-state index < -0.39 is 66.3 Å². The molecule has 4 aromatic rings. The van der Waals surface area contributed by atoms with Crippen molar-refractivity contribution in [2.75, 3.05) is 18.8 Å². The number of ether oxygens (including phenoxy) is 3. The molecule has 0 saturated heterocycles. The third kappa shape index (κ3) is 7.90. The number of anilines is 1. The zero-order valence-corrected chi connectivity index (χ0v) is 35.8. The van der Waals surface area contributed by atoms with E-state index in [1.165, 1.54) is 0 Å². The van der Waals surface area contributed by atoms with E-state index in [-0.39, 0.29) is 84.5 Å². The van der Waals surface area contributed by atoms with Gasteiger partial charge >= 0.3 is 6.36 Å². The first-order valence-electron chi connectivity index (χ1n) is 20.1. The first kappa shape index (κ1) is 43.4. The molecular weight excluding hydrogens is 808 g/mol. The highest BCUT2D eigenvalue weighted by atomic mass is 28.4. The van der Waals surface area contributed by atoms with E-state index in [2.05, 4.69) is 23.1 Å². The number of hydrogen-bond acceptors (Lipinski definition) is 11. The lowest BCUT2D eigenvalue weighted by atomic mass is 9.58. The molecule has 1 aromatic heterocycles. The summed E-state index contributed by atoms with van der Waals surface area (Å²) in [4.78, 5) is 32.9. The number of carbonyl (C=O) groups is 2. The van der Waals surface area contributed by atoms with Gasteiger partial charge in [0.15, 0.2) is 31.2 Å². The largest absolute Gasteiger partial charge is 0.573 e. The van der Waals surface area contributed by atoms with Gasteiger partial charge in [0.1, 0.15) is 30.3 Å². The average molecular weight is 858 g/mol. The summed E-state index contributed by atoms with van der Waals surface area (Å²) in [7, 11) is -3.11. The van der Waals surface area contributed by atoms with Gasteiger partial charge in [0.2, 0.25) is 5.78 Å². The minimum atomic E-state index is -5.13. The number of nitrogens with two attached hydrogens (primary N) is 1. The molecule has 1 unspecified atom stereocenters. The van der Waals surface area contributed by atoms with Crippen LogP contribution >= 0.6 is 0 Å². The normalized spacial score (nSPS) is 21.3. The lowest BCUT2D eigenvalue weighted by molar-refractivity contribution is -0.274. The quantitative estimate of drug-likeness (QED) is 0.0710. The number of alkyl halides is 3. The van der Waals surface area contributed by atoms with Crippen LogP contribution in [0.2, 0.25) is 18.1 Å². The van der Waals surface area contributed by atoms with E-state index in [1.807, 2.05) is 75.2 Å². The first-order valence-corrected chi connectivity index (χ1v) is 23.0. The molecule has 0 radical (unpaired) electrons. The van der Waals surface area contributed by atoms with Crippen LogP contribution in [0.4, 0.5) is 18.9 Å². The summed E-state index contributed by atoms with van der Waals surface area (Å²) in [5.41, 5.74) is 4.75. The van der Waals surface area contributed by atoms with Crippen LogP contribution in [0.15, 0.2) is 108 Å². The van der Waals surface area contributed by atoms with Crippen molar-refractivity contribution in [1.29, 1.82) is 0 Å². The van der Waals surface area contributed by atoms with Crippen molar-refractivity contribution in [3.8, 4) is 17.4 Å². The van der Waals surface area contributed by atoms with Gasteiger partial charge < -0.3 is 34.0 Å². The van der Waals surface area contributed by atoms with Crippen molar-refractivity contribution in [1.82, 2.24) is 10.1 Å².